The second-order valence-electron chi connectivity index (χ2n) is 3.94. The molecule has 5 nitrogen and oxygen atoms in total. The van der Waals surface area contributed by atoms with E-state index in [0.29, 0.717) is 12.2 Å². The van der Waals surface area contributed by atoms with E-state index in [9.17, 15) is 4.79 Å². The number of aromatic nitrogens is 2. The molecule has 0 aliphatic heterocycles. The van der Waals surface area contributed by atoms with E-state index in [1.165, 1.54) is 0 Å². The third-order valence-corrected chi connectivity index (χ3v) is 2.66. The zero-order chi connectivity index (χ0) is 13.1. The van der Waals surface area contributed by atoms with Gasteiger partial charge in [0.25, 0.3) is 0 Å². The maximum atomic E-state index is 11.1. The highest BCUT2D eigenvalue weighted by molar-refractivity contribution is 5.87. The Kier molecular flexibility index (Phi) is 3.11. The number of carbonyl (C=O) groups is 1. The maximum absolute atomic E-state index is 11.1. The van der Waals surface area contributed by atoms with Crippen LogP contribution in [0.4, 0.5) is 0 Å². The first-order valence-corrected chi connectivity index (χ1v) is 5.36. The van der Waals surface area contributed by atoms with E-state index in [4.69, 9.17) is 10.4 Å². The fourth-order valence-corrected chi connectivity index (χ4v) is 1.84. The van der Waals surface area contributed by atoms with E-state index in [-0.39, 0.29) is 5.69 Å². The first-order valence-electron chi connectivity index (χ1n) is 5.36. The average Bonchev–Trinajstić information content (AvgIpc) is 2.70. The summed E-state index contributed by atoms with van der Waals surface area (Å²) in [5.74, 6) is -0.952. The predicted molar refractivity (Wildman–Crippen MR) is 64.2 cm³/mol. The molecule has 90 valence electrons. The molecule has 0 aliphatic rings. The minimum absolute atomic E-state index is 0.269. The molecule has 0 saturated heterocycles. The van der Waals surface area contributed by atoms with Gasteiger partial charge in [-0.05, 0) is 36.2 Å². The van der Waals surface area contributed by atoms with Crippen LogP contribution in [0.15, 0.2) is 30.6 Å². The highest BCUT2D eigenvalue weighted by Crippen LogP contribution is 2.13. The molecule has 1 N–H and O–H groups in total. The summed E-state index contributed by atoms with van der Waals surface area (Å²) in [5.41, 5.74) is 2.16. The van der Waals surface area contributed by atoms with E-state index in [1.807, 2.05) is 6.07 Å². The number of hydrogen-bond donors (Lipinski definition) is 1. The number of pyridine rings is 1. The molecule has 0 atom stereocenters. The van der Waals surface area contributed by atoms with Gasteiger partial charge >= 0.3 is 5.97 Å². The standard InChI is InChI=1S/C13H11N3O2/c1-9-3-5-16(12(9)13(17)18)8-10-2-4-15-11(6-10)7-14/h2-6H,8H2,1H3,(H,17,18). The van der Waals surface area contributed by atoms with Gasteiger partial charge in [-0.2, -0.15) is 5.26 Å². The zero-order valence-electron chi connectivity index (χ0n) is 9.79. The Morgan fingerprint density at radius 2 is 2.33 bits per heavy atom. The monoisotopic (exact) mass is 241 g/mol. The normalized spacial score (nSPS) is 10.0. The summed E-state index contributed by atoms with van der Waals surface area (Å²) in [4.78, 5) is 15.0. The van der Waals surface area contributed by atoms with Gasteiger partial charge < -0.3 is 9.67 Å². The van der Waals surface area contributed by atoms with Gasteiger partial charge in [0.1, 0.15) is 17.5 Å². The number of aryl methyl sites for hydroxylation is 1. The van der Waals surface area contributed by atoms with Gasteiger partial charge in [0.2, 0.25) is 0 Å². The van der Waals surface area contributed by atoms with Crippen LogP contribution >= 0.6 is 0 Å². The van der Waals surface area contributed by atoms with Crippen molar-refractivity contribution in [2.45, 2.75) is 13.5 Å². The van der Waals surface area contributed by atoms with E-state index >= 15 is 0 Å². The lowest BCUT2D eigenvalue weighted by atomic mass is 10.2. The number of carboxylic acid groups (broad SMARTS) is 1. The molecule has 0 amide bonds. The Hall–Kier alpha value is -2.61. The van der Waals surface area contributed by atoms with Gasteiger partial charge in [-0.15, -0.1) is 0 Å². The van der Waals surface area contributed by atoms with Crippen LogP contribution in [-0.2, 0) is 6.54 Å². The minimum atomic E-state index is -0.952. The van der Waals surface area contributed by atoms with Crippen molar-refractivity contribution in [1.82, 2.24) is 9.55 Å². The van der Waals surface area contributed by atoms with Gasteiger partial charge in [-0.3, -0.25) is 0 Å². The summed E-state index contributed by atoms with van der Waals surface area (Å²) < 4.78 is 1.65. The number of aromatic carboxylic acids is 1. The lowest BCUT2D eigenvalue weighted by Gasteiger charge is -2.07. The van der Waals surface area contributed by atoms with E-state index in [2.05, 4.69) is 4.98 Å². The van der Waals surface area contributed by atoms with Crippen molar-refractivity contribution in [3.05, 3.63) is 53.1 Å². The number of nitrogens with zero attached hydrogens (tertiary/aromatic N) is 3. The molecule has 0 fully saturated rings. The summed E-state index contributed by atoms with van der Waals surface area (Å²) in [6.07, 6.45) is 3.27. The molecule has 0 aliphatic carbocycles. The molecule has 2 aromatic rings. The maximum Gasteiger partial charge on any atom is 0.352 e. The Morgan fingerprint density at radius 3 is 3.00 bits per heavy atom. The smallest absolute Gasteiger partial charge is 0.352 e. The van der Waals surface area contributed by atoms with Gasteiger partial charge in [0, 0.05) is 18.9 Å². The van der Waals surface area contributed by atoms with Gasteiger partial charge in [-0.25, -0.2) is 9.78 Å². The summed E-state index contributed by atoms with van der Waals surface area (Å²) >= 11 is 0. The Bertz CT molecular complexity index is 638. The number of carboxylic acids is 1. The van der Waals surface area contributed by atoms with E-state index in [0.717, 1.165) is 11.1 Å². The van der Waals surface area contributed by atoms with Crippen LogP contribution in [0.3, 0.4) is 0 Å². The topological polar surface area (TPSA) is 78.9 Å². The molecule has 0 unspecified atom stereocenters. The molecule has 2 aromatic heterocycles. The largest absolute Gasteiger partial charge is 0.477 e. The number of rotatable bonds is 3. The van der Waals surface area contributed by atoms with Crippen LogP contribution < -0.4 is 0 Å². The summed E-state index contributed by atoms with van der Waals surface area (Å²) in [7, 11) is 0. The van der Waals surface area contributed by atoms with E-state index < -0.39 is 5.97 Å². The third kappa shape index (κ3) is 2.23. The fourth-order valence-electron chi connectivity index (χ4n) is 1.84. The molecule has 18 heavy (non-hydrogen) atoms. The summed E-state index contributed by atoms with van der Waals surface area (Å²) in [6, 6.07) is 7.14. The summed E-state index contributed by atoms with van der Waals surface area (Å²) in [5, 5.41) is 17.9. The third-order valence-electron chi connectivity index (χ3n) is 2.66. The highest BCUT2D eigenvalue weighted by Gasteiger charge is 2.13. The van der Waals surface area contributed by atoms with Crippen LogP contribution in [0, 0.1) is 18.3 Å². The SMILES string of the molecule is Cc1ccn(Cc2ccnc(C#N)c2)c1C(=O)O. The van der Waals surface area contributed by atoms with Crippen molar-refractivity contribution in [3.8, 4) is 6.07 Å². The fraction of sp³-hybridized carbons (Fsp3) is 0.154. The lowest BCUT2D eigenvalue weighted by Crippen LogP contribution is -2.10. The van der Waals surface area contributed by atoms with Gasteiger partial charge in [-0.1, -0.05) is 0 Å². The van der Waals surface area contributed by atoms with E-state index in [1.54, 1.807) is 42.1 Å². The lowest BCUT2D eigenvalue weighted by molar-refractivity contribution is 0.0685. The summed E-state index contributed by atoms with van der Waals surface area (Å²) in [6.45, 7) is 2.17. The Labute approximate surface area is 104 Å². The first-order chi connectivity index (χ1) is 8.61. The van der Waals surface area contributed by atoms with Crippen molar-refractivity contribution in [3.63, 3.8) is 0 Å². The van der Waals surface area contributed by atoms with Gasteiger partial charge in [0.15, 0.2) is 0 Å². The second-order valence-corrected chi connectivity index (χ2v) is 3.94. The molecule has 2 heterocycles. The average molecular weight is 241 g/mol. The van der Waals surface area contributed by atoms with Crippen LogP contribution in [0.5, 0.6) is 0 Å². The number of hydrogen-bond acceptors (Lipinski definition) is 3. The molecule has 2 rings (SSSR count). The highest BCUT2D eigenvalue weighted by atomic mass is 16.4. The Balaban J connectivity index is 2.35. The van der Waals surface area contributed by atoms with Crippen LogP contribution in [0.25, 0.3) is 0 Å². The molecule has 0 radical (unpaired) electrons. The minimum Gasteiger partial charge on any atom is -0.477 e. The van der Waals surface area contributed by atoms with Crippen molar-refractivity contribution < 1.29 is 9.90 Å². The van der Waals surface area contributed by atoms with Crippen molar-refractivity contribution in [2.75, 3.05) is 0 Å². The van der Waals surface area contributed by atoms with Gasteiger partial charge in [0.05, 0.1) is 0 Å². The molecule has 5 heteroatoms. The molecule has 0 bridgehead atoms. The van der Waals surface area contributed by atoms with Crippen LogP contribution in [-0.4, -0.2) is 20.6 Å². The van der Waals surface area contributed by atoms with Crippen molar-refractivity contribution in [2.24, 2.45) is 0 Å². The zero-order valence-corrected chi connectivity index (χ0v) is 9.79. The van der Waals surface area contributed by atoms with Crippen molar-refractivity contribution >= 4 is 5.97 Å². The first kappa shape index (κ1) is 11.9. The molecule has 0 aromatic carbocycles. The van der Waals surface area contributed by atoms with Crippen LogP contribution in [0.2, 0.25) is 0 Å². The number of nitriles is 1. The molecular weight excluding hydrogens is 230 g/mol. The molecule has 0 saturated carbocycles. The van der Waals surface area contributed by atoms with Crippen molar-refractivity contribution in [1.29, 1.82) is 5.26 Å². The quantitative estimate of drug-likeness (QED) is 0.888. The molecule has 0 spiro atoms. The van der Waals surface area contributed by atoms with Crippen LogP contribution in [0.1, 0.15) is 27.3 Å². The molecular formula is C13H11N3O2. The predicted octanol–water partition coefficient (Wildman–Crippen LogP) is 1.81. The second kappa shape index (κ2) is 4.72. The Morgan fingerprint density at radius 1 is 1.56 bits per heavy atom.